The van der Waals surface area contributed by atoms with Crippen LogP contribution in [0.3, 0.4) is 0 Å². The third-order valence-corrected chi connectivity index (χ3v) is 4.51. The molecular formula is C19H17N7O. The van der Waals surface area contributed by atoms with Crippen molar-refractivity contribution in [1.29, 1.82) is 5.26 Å². The largest absolute Gasteiger partial charge is 0.352 e. The average Bonchev–Trinajstić information content (AvgIpc) is 3.28. The zero-order valence-electron chi connectivity index (χ0n) is 14.6. The second-order valence-electron chi connectivity index (χ2n) is 6.12. The van der Waals surface area contributed by atoms with Crippen LogP contribution in [0.4, 0.5) is 5.82 Å². The van der Waals surface area contributed by atoms with Gasteiger partial charge in [0, 0.05) is 51.0 Å². The summed E-state index contributed by atoms with van der Waals surface area (Å²) in [5.74, 6) is 1.30. The molecule has 0 radical (unpaired) electrons. The number of anilines is 1. The monoisotopic (exact) mass is 359 g/mol. The minimum Gasteiger partial charge on any atom is -0.352 e. The van der Waals surface area contributed by atoms with Crippen molar-refractivity contribution in [3.8, 4) is 11.9 Å². The average molecular weight is 359 g/mol. The molecule has 8 nitrogen and oxygen atoms in total. The van der Waals surface area contributed by atoms with Crippen LogP contribution in [-0.4, -0.2) is 56.7 Å². The van der Waals surface area contributed by atoms with E-state index in [-0.39, 0.29) is 5.91 Å². The molecule has 1 saturated heterocycles. The van der Waals surface area contributed by atoms with Crippen molar-refractivity contribution in [2.45, 2.75) is 0 Å². The molecule has 4 rings (SSSR count). The first-order valence-corrected chi connectivity index (χ1v) is 8.61. The zero-order chi connectivity index (χ0) is 18.6. The van der Waals surface area contributed by atoms with Crippen LogP contribution < -0.4 is 4.90 Å². The summed E-state index contributed by atoms with van der Waals surface area (Å²) in [4.78, 5) is 25.2. The highest BCUT2D eigenvalue weighted by atomic mass is 16.2. The van der Waals surface area contributed by atoms with E-state index in [0.29, 0.717) is 48.9 Å². The standard InChI is InChI=1S/C19H17N7O/c20-13-15-3-1-6-21-18(15)24-9-11-25(12-10-24)19(27)16-4-5-17(22-14-16)26-8-2-7-23-26/h1-8,14H,9-12H2. The van der Waals surface area contributed by atoms with E-state index in [0.717, 1.165) is 0 Å². The molecule has 3 aromatic heterocycles. The lowest BCUT2D eigenvalue weighted by molar-refractivity contribution is 0.0746. The van der Waals surface area contributed by atoms with Crippen LogP contribution in [0.2, 0.25) is 0 Å². The minimum absolute atomic E-state index is 0.0457. The quantitative estimate of drug-likeness (QED) is 0.704. The van der Waals surface area contributed by atoms with Gasteiger partial charge in [0.2, 0.25) is 0 Å². The molecule has 0 atom stereocenters. The first kappa shape index (κ1) is 16.7. The van der Waals surface area contributed by atoms with E-state index in [1.807, 2.05) is 11.0 Å². The highest BCUT2D eigenvalue weighted by Gasteiger charge is 2.24. The smallest absolute Gasteiger partial charge is 0.255 e. The van der Waals surface area contributed by atoms with Gasteiger partial charge in [-0.3, -0.25) is 4.79 Å². The van der Waals surface area contributed by atoms with Crippen LogP contribution in [0.15, 0.2) is 55.1 Å². The number of nitrogens with zero attached hydrogens (tertiary/aromatic N) is 7. The van der Waals surface area contributed by atoms with Crippen molar-refractivity contribution >= 4 is 11.7 Å². The molecule has 0 aliphatic carbocycles. The molecule has 3 aromatic rings. The van der Waals surface area contributed by atoms with Crippen LogP contribution in [0, 0.1) is 11.3 Å². The van der Waals surface area contributed by atoms with Gasteiger partial charge in [0.25, 0.3) is 5.91 Å². The summed E-state index contributed by atoms with van der Waals surface area (Å²) in [6.45, 7) is 2.41. The highest BCUT2D eigenvalue weighted by Crippen LogP contribution is 2.19. The van der Waals surface area contributed by atoms with Gasteiger partial charge < -0.3 is 9.80 Å². The van der Waals surface area contributed by atoms with E-state index >= 15 is 0 Å². The molecule has 0 unspecified atom stereocenters. The summed E-state index contributed by atoms with van der Waals surface area (Å²) < 4.78 is 1.65. The van der Waals surface area contributed by atoms with Crippen molar-refractivity contribution < 1.29 is 4.79 Å². The number of rotatable bonds is 3. The van der Waals surface area contributed by atoms with E-state index in [1.54, 1.807) is 58.6 Å². The zero-order valence-corrected chi connectivity index (χ0v) is 14.6. The summed E-state index contributed by atoms with van der Waals surface area (Å²) >= 11 is 0. The van der Waals surface area contributed by atoms with Crippen LogP contribution in [0.25, 0.3) is 5.82 Å². The molecule has 1 fully saturated rings. The van der Waals surface area contributed by atoms with Gasteiger partial charge in [0.05, 0.1) is 11.1 Å². The Labute approximate surface area is 156 Å². The third kappa shape index (κ3) is 3.35. The lowest BCUT2D eigenvalue weighted by Gasteiger charge is -2.35. The Kier molecular flexibility index (Phi) is 4.49. The summed E-state index contributed by atoms with van der Waals surface area (Å²) in [6, 6.07) is 11.0. The van der Waals surface area contributed by atoms with Crippen molar-refractivity contribution in [3.05, 3.63) is 66.2 Å². The lowest BCUT2D eigenvalue weighted by atomic mass is 10.2. The molecule has 0 N–H and O–H groups in total. The Morgan fingerprint density at radius 3 is 2.56 bits per heavy atom. The van der Waals surface area contributed by atoms with Gasteiger partial charge in [-0.1, -0.05) is 0 Å². The molecule has 1 amide bonds. The van der Waals surface area contributed by atoms with Crippen molar-refractivity contribution in [1.82, 2.24) is 24.6 Å². The Bertz CT molecular complexity index is 968. The van der Waals surface area contributed by atoms with Gasteiger partial charge >= 0.3 is 0 Å². The second-order valence-corrected chi connectivity index (χ2v) is 6.12. The van der Waals surface area contributed by atoms with E-state index in [9.17, 15) is 10.1 Å². The Balaban J connectivity index is 1.42. The SMILES string of the molecule is N#Cc1cccnc1N1CCN(C(=O)c2ccc(-n3cccn3)nc2)CC1. The van der Waals surface area contributed by atoms with E-state index in [2.05, 4.69) is 21.1 Å². The van der Waals surface area contributed by atoms with E-state index in [1.165, 1.54) is 0 Å². The molecule has 0 saturated carbocycles. The number of piperazine rings is 1. The van der Waals surface area contributed by atoms with Crippen LogP contribution in [-0.2, 0) is 0 Å². The summed E-state index contributed by atoms with van der Waals surface area (Å²) in [5, 5.41) is 13.4. The number of hydrogen-bond acceptors (Lipinski definition) is 6. The van der Waals surface area contributed by atoms with E-state index < -0.39 is 0 Å². The molecule has 0 bridgehead atoms. The molecule has 0 spiro atoms. The maximum absolute atomic E-state index is 12.7. The fraction of sp³-hybridized carbons (Fsp3) is 0.211. The molecule has 4 heterocycles. The van der Waals surface area contributed by atoms with Crippen molar-refractivity contribution in [2.75, 3.05) is 31.1 Å². The first-order valence-electron chi connectivity index (χ1n) is 8.61. The van der Waals surface area contributed by atoms with Gasteiger partial charge in [-0.05, 0) is 30.3 Å². The van der Waals surface area contributed by atoms with Gasteiger partial charge in [-0.2, -0.15) is 10.4 Å². The Hall–Kier alpha value is -3.73. The van der Waals surface area contributed by atoms with Gasteiger partial charge in [0.15, 0.2) is 5.82 Å². The van der Waals surface area contributed by atoms with Crippen molar-refractivity contribution in [2.24, 2.45) is 0 Å². The predicted molar refractivity (Wildman–Crippen MR) is 98.4 cm³/mol. The van der Waals surface area contributed by atoms with Crippen LogP contribution >= 0.6 is 0 Å². The number of aromatic nitrogens is 4. The van der Waals surface area contributed by atoms with Gasteiger partial charge in [-0.15, -0.1) is 0 Å². The van der Waals surface area contributed by atoms with Crippen LogP contribution in [0.5, 0.6) is 0 Å². The number of carbonyl (C=O) groups excluding carboxylic acids is 1. The summed E-state index contributed by atoms with van der Waals surface area (Å²) in [6.07, 6.45) is 6.74. The topological polar surface area (TPSA) is 90.9 Å². The Morgan fingerprint density at radius 1 is 1.04 bits per heavy atom. The number of carbonyl (C=O) groups is 1. The molecule has 27 heavy (non-hydrogen) atoms. The fourth-order valence-corrected chi connectivity index (χ4v) is 3.09. The predicted octanol–water partition coefficient (Wildman–Crippen LogP) is 1.50. The molecule has 134 valence electrons. The van der Waals surface area contributed by atoms with Crippen LogP contribution in [0.1, 0.15) is 15.9 Å². The Morgan fingerprint density at radius 2 is 1.89 bits per heavy atom. The molecule has 1 aliphatic heterocycles. The molecule has 1 aliphatic rings. The summed E-state index contributed by atoms with van der Waals surface area (Å²) in [5.41, 5.74) is 1.10. The number of nitriles is 1. The van der Waals surface area contributed by atoms with Gasteiger partial charge in [-0.25, -0.2) is 14.6 Å². The van der Waals surface area contributed by atoms with Gasteiger partial charge in [0.1, 0.15) is 11.9 Å². The number of hydrogen-bond donors (Lipinski definition) is 0. The molecule has 8 heteroatoms. The number of pyridine rings is 2. The van der Waals surface area contributed by atoms with E-state index in [4.69, 9.17) is 0 Å². The lowest BCUT2D eigenvalue weighted by Crippen LogP contribution is -2.49. The molecular weight excluding hydrogens is 342 g/mol. The third-order valence-electron chi connectivity index (χ3n) is 4.51. The fourth-order valence-electron chi connectivity index (χ4n) is 3.09. The van der Waals surface area contributed by atoms with Crippen molar-refractivity contribution in [3.63, 3.8) is 0 Å². The summed E-state index contributed by atoms with van der Waals surface area (Å²) in [7, 11) is 0. The maximum Gasteiger partial charge on any atom is 0.255 e. The second kappa shape index (κ2) is 7.25. The number of amides is 1. The molecule has 0 aromatic carbocycles. The normalized spacial score (nSPS) is 14.0. The first-order chi connectivity index (χ1) is 13.3. The minimum atomic E-state index is -0.0457. The highest BCUT2D eigenvalue weighted by molar-refractivity contribution is 5.94. The maximum atomic E-state index is 12.7.